The number of nitrogens with one attached hydrogen (secondary N) is 1. The molecule has 0 radical (unpaired) electrons. The van der Waals surface area contributed by atoms with Crippen LogP contribution in [0.15, 0.2) is 65.2 Å². The van der Waals surface area contributed by atoms with Crippen molar-refractivity contribution in [2.75, 3.05) is 52.7 Å². The largest absolute Gasteiger partial charge is 0.491 e. The average Bonchev–Trinajstić information content (AvgIpc) is 3.52. The fourth-order valence-electron chi connectivity index (χ4n) is 5.65. The maximum Gasteiger partial charge on any atom is 0.240 e. The SMILES string of the molecule is Cc1ccccc1C1=CC=CC(COc2ccc(CNC(CO)(CO)CO)cc2Cl)(c2noc(CN3CCOCC3)n2)C1C. The molecule has 0 bridgehead atoms. The third-order valence-corrected chi connectivity index (χ3v) is 9.05. The minimum atomic E-state index is -1.19. The van der Waals surface area contributed by atoms with Crippen LogP contribution in [0.25, 0.3) is 5.57 Å². The van der Waals surface area contributed by atoms with Crippen LogP contribution in [0.5, 0.6) is 5.75 Å². The van der Waals surface area contributed by atoms with Crippen molar-refractivity contribution >= 4 is 17.2 Å². The monoisotopic (exact) mass is 624 g/mol. The van der Waals surface area contributed by atoms with Gasteiger partial charge < -0.3 is 34.6 Å². The number of rotatable bonds is 13. The molecule has 236 valence electrons. The molecule has 3 aromatic rings. The number of allylic oxidation sites excluding steroid dienone is 3. The number of aliphatic hydroxyl groups excluding tert-OH is 3. The maximum atomic E-state index is 9.61. The van der Waals surface area contributed by atoms with Crippen LogP contribution in [0, 0.1) is 12.8 Å². The van der Waals surface area contributed by atoms with Crippen LogP contribution >= 0.6 is 11.6 Å². The Hall–Kier alpha value is -3.09. The van der Waals surface area contributed by atoms with Crippen LogP contribution in [0.2, 0.25) is 5.02 Å². The summed E-state index contributed by atoms with van der Waals surface area (Å²) in [6, 6.07) is 13.7. The molecule has 0 spiro atoms. The number of ether oxygens (including phenoxy) is 2. The zero-order valence-corrected chi connectivity index (χ0v) is 26.0. The van der Waals surface area contributed by atoms with Crippen LogP contribution in [-0.4, -0.2) is 88.6 Å². The molecule has 2 heterocycles. The molecular weight excluding hydrogens is 584 g/mol. The third kappa shape index (κ3) is 6.92. The number of morpholine rings is 1. The molecular formula is C33H41ClN4O6. The summed E-state index contributed by atoms with van der Waals surface area (Å²) in [4.78, 5) is 7.14. The fraction of sp³-hybridized carbons (Fsp3) is 0.455. The van der Waals surface area contributed by atoms with Crippen molar-refractivity contribution in [2.45, 2.75) is 37.9 Å². The highest BCUT2D eigenvalue weighted by Crippen LogP contribution is 2.44. The average molecular weight is 625 g/mol. The Balaban J connectivity index is 1.40. The van der Waals surface area contributed by atoms with Crippen molar-refractivity contribution in [1.29, 1.82) is 0 Å². The van der Waals surface area contributed by atoms with E-state index in [2.05, 4.69) is 53.5 Å². The van der Waals surface area contributed by atoms with Gasteiger partial charge in [0.05, 0.1) is 55.6 Å². The Morgan fingerprint density at radius 1 is 1.11 bits per heavy atom. The van der Waals surface area contributed by atoms with Crippen molar-refractivity contribution in [3.63, 3.8) is 0 Å². The predicted octanol–water partition coefficient (Wildman–Crippen LogP) is 3.28. The maximum absolute atomic E-state index is 9.61. The van der Waals surface area contributed by atoms with Gasteiger partial charge in [-0.25, -0.2) is 0 Å². The van der Waals surface area contributed by atoms with Crippen LogP contribution in [0.1, 0.15) is 35.3 Å². The smallest absolute Gasteiger partial charge is 0.240 e. The second-order valence-electron chi connectivity index (χ2n) is 11.6. The van der Waals surface area contributed by atoms with Crippen LogP contribution in [0.4, 0.5) is 0 Å². The van der Waals surface area contributed by atoms with Gasteiger partial charge in [0.1, 0.15) is 12.4 Å². The number of aryl methyl sites for hydroxylation is 1. The molecule has 4 N–H and O–H groups in total. The molecule has 2 aromatic carbocycles. The van der Waals surface area contributed by atoms with Gasteiger partial charge in [-0.2, -0.15) is 4.98 Å². The minimum Gasteiger partial charge on any atom is -0.491 e. The van der Waals surface area contributed by atoms with Gasteiger partial charge in [0.15, 0.2) is 5.82 Å². The summed E-state index contributed by atoms with van der Waals surface area (Å²) in [6.45, 7) is 7.08. The van der Waals surface area contributed by atoms with E-state index in [0.29, 0.717) is 42.2 Å². The zero-order valence-electron chi connectivity index (χ0n) is 25.2. The topological polar surface area (TPSA) is 133 Å². The molecule has 1 saturated heterocycles. The Morgan fingerprint density at radius 3 is 2.57 bits per heavy atom. The second-order valence-corrected chi connectivity index (χ2v) is 12.0. The van der Waals surface area contributed by atoms with E-state index in [0.717, 1.165) is 29.8 Å². The number of benzene rings is 2. The van der Waals surface area contributed by atoms with Gasteiger partial charge in [-0.3, -0.25) is 4.90 Å². The first-order valence-corrected chi connectivity index (χ1v) is 15.3. The second kappa shape index (κ2) is 14.3. The lowest BCUT2D eigenvalue weighted by molar-refractivity contribution is 0.0297. The Bertz CT molecular complexity index is 1460. The molecule has 0 saturated carbocycles. The lowest BCUT2D eigenvalue weighted by atomic mass is 9.68. The molecule has 1 aliphatic heterocycles. The van der Waals surface area contributed by atoms with E-state index in [-0.39, 0.29) is 19.1 Å². The molecule has 44 heavy (non-hydrogen) atoms. The van der Waals surface area contributed by atoms with Gasteiger partial charge in [-0.15, -0.1) is 0 Å². The molecule has 2 atom stereocenters. The first-order valence-electron chi connectivity index (χ1n) is 14.9. The molecule has 2 unspecified atom stereocenters. The lowest BCUT2D eigenvalue weighted by Gasteiger charge is -2.37. The van der Waals surface area contributed by atoms with Crippen molar-refractivity contribution in [2.24, 2.45) is 5.92 Å². The summed E-state index contributed by atoms with van der Waals surface area (Å²) >= 11 is 6.69. The van der Waals surface area contributed by atoms with Gasteiger partial charge in [0.2, 0.25) is 5.89 Å². The fourth-order valence-corrected chi connectivity index (χ4v) is 5.91. The van der Waals surface area contributed by atoms with Gasteiger partial charge in [-0.05, 0) is 41.3 Å². The Kier molecular flexibility index (Phi) is 10.5. The first-order chi connectivity index (χ1) is 21.3. The van der Waals surface area contributed by atoms with Crippen molar-refractivity contribution in [3.8, 4) is 5.75 Å². The standard InChI is InChI=1S/C33H41ClN4O6/c1-23-6-3-4-7-26(23)27-8-5-11-33(24(27)2,31-36-30(44-37-31)18-38-12-14-42-15-13-38)22-43-29-10-9-25(16-28(29)34)17-35-32(19-39,20-40)21-41/h3-11,16,24,35,39-41H,12-15,17-22H2,1-2H3. The van der Waals surface area contributed by atoms with Crippen molar-refractivity contribution in [1.82, 2.24) is 20.4 Å². The summed E-state index contributed by atoms with van der Waals surface area (Å²) in [5.74, 6) is 1.54. The Morgan fingerprint density at radius 2 is 1.86 bits per heavy atom. The Labute approximate surface area is 262 Å². The van der Waals surface area contributed by atoms with E-state index in [1.54, 1.807) is 12.1 Å². The summed E-state index contributed by atoms with van der Waals surface area (Å²) in [5, 5.41) is 36.8. The van der Waals surface area contributed by atoms with Gasteiger partial charge in [0.25, 0.3) is 0 Å². The number of halogens is 1. The summed E-state index contributed by atoms with van der Waals surface area (Å²) < 4.78 is 17.7. The highest BCUT2D eigenvalue weighted by molar-refractivity contribution is 6.32. The number of hydrogen-bond donors (Lipinski definition) is 4. The highest BCUT2D eigenvalue weighted by Gasteiger charge is 2.45. The van der Waals surface area contributed by atoms with E-state index in [1.165, 1.54) is 5.56 Å². The quantitative estimate of drug-likeness (QED) is 0.225. The minimum absolute atomic E-state index is 0.0618. The van der Waals surface area contributed by atoms with Crippen LogP contribution < -0.4 is 10.1 Å². The van der Waals surface area contributed by atoms with E-state index < -0.39 is 30.8 Å². The van der Waals surface area contributed by atoms with Gasteiger partial charge in [-0.1, -0.05) is 72.2 Å². The van der Waals surface area contributed by atoms with E-state index in [4.69, 9.17) is 30.6 Å². The molecule has 2 aliphatic rings. The summed E-state index contributed by atoms with van der Waals surface area (Å²) in [7, 11) is 0. The lowest BCUT2D eigenvalue weighted by Crippen LogP contribution is -2.54. The molecule has 10 nitrogen and oxygen atoms in total. The van der Waals surface area contributed by atoms with Crippen LogP contribution in [-0.2, 0) is 23.2 Å². The van der Waals surface area contributed by atoms with Crippen molar-refractivity contribution in [3.05, 3.63) is 94.1 Å². The van der Waals surface area contributed by atoms with E-state index >= 15 is 0 Å². The first kappa shape index (κ1) is 32.3. The molecule has 1 aromatic heterocycles. The predicted molar refractivity (Wildman–Crippen MR) is 167 cm³/mol. The summed E-state index contributed by atoms with van der Waals surface area (Å²) in [5.41, 5.74) is 2.36. The number of aliphatic hydroxyl groups is 3. The third-order valence-electron chi connectivity index (χ3n) is 8.75. The molecule has 11 heteroatoms. The number of hydrogen-bond acceptors (Lipinski definition) is 10. The van der Waals surface area contributed by atoms with Crippen LogP contribution in [0.3, 0.4) is 0 Å². The number of nitrogens with zero attached hydrogens (tertiary/aromatic N) is 3. The summed E-state index contributed by atoms with van der Waals surface area (Å²) in [6.07, 6.45) is 6.27. The van der Waals surface area contributed by atoms with Crippen molar-refractivity contribution < 1.29 is 29.3 Å². The molecule has 0 amide bonds. The van der Waals surface area contributed by atoms with Gasteiger partial charge >= 0.3 is 0 Å². The zero-order chi connectivity index (χ0) is 31.2. The van der Waals surface area contributed by atoms with Gasteiger partial charge in [0, 0.05) is 25.6 Å². The number of aromatic nitrogens is 2. The highest BCUT2D eigenvalue weighted by atomic mass is 35.5. The van der Waals surface area contributed by atoms with E-state index in [1.807, 2.05) is 24.3 Å². The normalized spacial score (nSPS) is 21.0. The molecule has 1 fully saturated rings. The molecule has 5 rings (SSSR count). The van der Waals surface area contributed by atoms with E-state index in [9.17, 15) is 15.3 Å². The molecule has 1 aliphatic carbocycles.